The monoisotopic (exact) mass is 1560 g/mol. The average molecular weight is 1560 g/mol. The summed E-state index contributed by atoms with van der Waals surface area (Å²) < 4.78 is 148. The van der Waals surface area contributed by atoms with Crippen molar-refractivity contribution in [3.63, 3.8) is 0 Å². The summed E-state index contributed by atoms with van der Waals surface area (Å²) in [6.45, 7) is 17.7. The van der Waals surface area contributed by atoms with Gasteiger partial charge in [0.25, 0.3) is 0 Å². The first-order valence-electron chi connectivity index (χ1n) is 33.4. The molecule has 12 rings (SSSR count). The van der Waals surface area contributed by atoms with Crippen LogP contribution in [0.15, 0.2) is 24.5 Å². The summed E-state index contributed by atoms with van der Waals surface area (Å²) in [7, 11) is -3.71. The van der Waals surface area contributed by atoms with Crippen molar-refractivity contribution < 1.29 is 126 Å². The fraction of sp³-hybridized carbons (Fsp3) is 0.606. The predicted molar refractivity (Wildman–Crippen MR) is 378 cm³/mol. The van der Waals surface area contributed by atoms with Crippen molar-refractivity contribution in [2.75, 3.05) is 128 Å². The van der Waals surface area contributed by atoms with Crippen LogP contribution < -0.4 is 59.3 Å². The van der Waals surface area contributed by atoms with Gasteiger partial charge in [0.2, 0.25) is 23.7 Å². The number of alkyl halides is 6. The number of carbonyl (C=O) groups is 4. The van der Waals surface area contributed by atoms with E-state index in [0.717, 1.165) is 93.0 Å². The minimum atomic E-state index is -4.18. The van der Waals surface area contributed by atoms with Gasteiger partial charge in [-0.15, -0.1) is 22.7 Å². The number of aliphatic carboxylic acids is 1. The number of ketones is 1. The van der Waals surface area contributed by atoms with Gasteiger partial charge in [0, 0.05) is 168 Å². The number of carboxylic acid groups (broad SMARTS) is 1. The molecule has 571 valence electrons. The molecular weight excluding hydrogens is 1480 g/mol. The minimum Gasteiger partial charge on any atom is -0.550 e. The maximum absolute atomic E-state index is 13.6. The van der Waals surface area contributed by atoms with Crippen LogP contribution in [0.25, 0.3) is 42.9 Å². The van der Waals surface area contributed by atoms with E-state index < -0.39 is 62.0 Å². The number of carbonyl (C=O) groups excluding carboxylic acids is 4. The fourth-order valence-corrected chi connectivity index (χ4v) is 16.5. The average Bonchev–Trinajstić information content (AvgIpc) is 1.66. The Hall–Kier alpha value is -6.04. The fourth-order valence-electron chi connectivity index (χ4n) is 12.7. The number of thiophene rings is 2. The van der Waals surface area contributed by atoms with Crippen molar-refractivity contribution in [2.24, 2.45) is 0 Å². The van der Waals surface area contributed by atoms with Gasteiger partial charge in [0.1, 0.15) is 17.9 Å². The third-order valence-corrected chi connectivity index (χ3v) is 21.4. The van der Waals surface area contributed by atoms with Crippen LogP contribution >= 0.6 is 22.7 Å². The molecule has 6 aliphatic heterocycles. The first kappa shape index (κ1) is 87.9. The predicted octanol–water partition coefficient (Wildman–Crippen LogP) is 3.77. The Balaban J connectivity index is 0.000000256. The number of fused-ring (bicyclic) bond motifs is 2. The van der Waals surface area contributed by atoms with Crippen LogP contribution in [0.4, 0.5) is 38.2 Å². The van der Waals surface area contributed by atoms with Crippen LogP contribution in [0, 0.1) is 13.8 Å². The van der Waals surface area contributed by atoms with Crippen molar-refractivity contribution in [2.45, 2.75) is 141 Å². The van der Waals surface area contributed by atoms with Crippen molar-refractivity contribution in [1.29, 1.82) is 0 Å². The van der Waals surface area contributed by atoms with E-state index in [0.29, 0.717) is 164 Å². The third-order valence-electron chi connectivity index (χ3n) is 17.5. The summed E-state index contributed by atoms with van der Waals surface area (Å²) >= 11 is 3.23. The Labute approximate surface area is 638 Å². The van der Waals surface area contributed by atoms with Crippen LogP contribution in [0.2, 0.25) is 0 Å². The molecule has 0 unspecified atom stereocenters. The van der Waals surface area contributed by atoms with Crippen LogP contribution in [-0.2, 0) is 82.7 Å². The molecule has 0 bridgehead atoms. The maximum atomic E-state index is 13.6. The largest absolute Gasteiger partial charge is 1.00 e. The molecule has 0 amide bonds. The molecule has 12 heterocycles. The standard InChI is InChI=1S/C30H39F3N6O4S2.C25H31N5O5S2.C5H8F3N.C4H6O4.C2H4O2.B.Na/c1-19-23(17-37-9-6-22(7-10-37)39-8-4-5-24(39)30(31,32)33)26-27(44-19)25(35-29(36-26)38-11-13-43-14-12-38)20-15-21(18-45(3,40)41)28(42-2)34-16-20;1-16-20(14-29-6-4-19(31)5-7-29)22-23(36-16)21(27-25(28-22)30-8-10-35-11-9-30)17-12-18(15-37(3,32)33)24(34-2)26-13-17;6-5(7,8)4-2-1-3-9-4;1-3(5)7-8-4(2)6;1-2(3)4;;/h15-16,22,24H,4-14,17-18H2,1-3H3;12-13H,4-11,14-15H2,1-3H3;4,9H,1-3H2;1-2H3;1H3,(H,3,4);;/q;;;;;;+1/p-1/t24-;;4-;;;;/m0.0..../s1. The van der Waals surface area contributed by atoms with Crippen LogP contribution in [0.1, 0.15) is 104 Å². The van der Waals surface area contributed by atoms with E-state index in [-0.39, 0.29) is 80.1 Å². The van der Waals surface area contributed by atoms with Crippen molar-refractivity contribution in [3.05, 3.63) is 56.5 Å². The number of pyridine rings is 2. The molecule has 39 heteroatoms. The zero-order valence-corrected chi connectivity index (χ0v) is 65.7. The van der Waals surface area contributed by atoms with Gasteiger partial charge in [-0.3, -0.25) is 19.5 Å². The van der Waals surface area contributed by atoms with Crippen LogP contribution in [0.3, 0.4) is 0 Å². The quantitative estimate of drug-likeness (QED) is 0.0662. The Morgan fingerprint density at radius 1 is 0.629 bits per heavy atom. The summed E-state index contributed by atoms with van der Waals surface area (Å²) in [4.78, 5) is 89.7. The molecule has 27 nitrogen and oxygen atoms in total. The molecule has 6 aliphatic rings. The van der Waals surface area contributed by atoms with Gasteiger partial charge in [-0.25, -0.2) is 66.1 Å². The summed E-state index contributed by atoms with van der Waals surface area (Å²) in [5.41, 5.74) is 7.71. The molecule has 1 N–H and O–H groups in total. The molecular formula is C66H87BF6N12NaO15S4. The number of sulfone groups is 2. The molecule has 2 atom stereocenters. The summed E-state index contributed by atoms with van der Waals surface area (Å²) in [6, 6.07) is 0.974. The number of likely N-dealkylation sites (tertiary alicyclic amines) is 3. The number of aromatic nitrogens is 6. The van der Waals surface area contributed by atoms with E-state index in [1.54, 1.807) is 46.0 Å². The molecule has 0 aromatic carbocycles. The van der Waals surface area contributed by atoms with E-state index in [1.807, 2.05) is 6.07 Å². The molecule has 6 aromatic rings. The second-order valence-electron chi connectivity index (χ2n) is 25.6. The van der Waals surface area contributed by atoms with E-state index in [2.05, 4.69) is 58.5 Å². The van der Waals surface area contributed by atoms with Gasteiger partial charge < -0.3 is 44.0 Å². The van der Waals surface area contributed by atoms with E-state index in [4.69, 9.17) is 48.8 Å². The first-order chi connectivity index (χ1) is 48.6. The number of ether oxygens (including phenoxy) is 4. The number of hydrogen-bond acceptors (Lipinski definition) is 29. The number of halogens is 6. The van der Waals surface area contributed by atoms with E-state index in [1.165, 1.54) is 26.7 Å². The smallest absolute Gasteiger partial charge is 0.550 e. The normalized spacial score (nSPS) is 18.6. The number of nitrogens with one attached hydrogen (secondary N) is 1. The number of hydrogen-bond donors (Lipinski definition) is 1. The second kappa shape index (κ2) is 39.4. The minimum absolute atomic E-state index is 0. The molecule has 3 radical (unpaired) electrons. The number of rotatable bonds is 15. The number of morpholine rings is 2. The zero-order chi connectivity index (χ0) is 75.1. The van der Waals surface area contributed by atoms with Crippen LogP contribution in [-0.4, -0.2) is 243 Å². The number of nitrogens with zero attached hydrogens (tertiary/aromatic N) is 11. The third kappa shape index (κ3) is 25.5. The molecule has 6 saturated heterocycles. The number of methoxy groups -OCH3 is 2. The molecule has 6 fully saturated rings. The maximum Gasteiger partial charge on any atom is 1.00 e. The van der Waals surface area contributed by atoms with Gasteiger partial charge in [-0.05, 0) is 97.6 Å². The van der Waals surface area contributed by atoms with Crippen LogP contribution in [0.5, 0.6) is 11.8 Å². The SMILES string of the molecule is CC(=O)OOC(C)=O.CC(=O)[O-].COc1ncc(-c2nc(N3CCOCC3)nc3c(CN4CCC(=O)CC4)c(C)sc23)cc1CS(C)(=O)=O.COc1ncc(-c2nc(N3CCOCC3)nc3c(CN4CCC(N5CCC[C@H]5C(F)(F)F)CC4)c(C)sc23)cc1CS(C)(=O)=O.FC(F)(F)[C@@H]1CCCN1.[B].[Na+]. The molecule has 0 saturated carbocycles. The molecule has 0 spiro atoms. The number of Topliss-reactive ketones (excluding diaryl/α,β-unsaturated/α-hetero) is 1. The first-order valence-corrected chi connectivity index (χ1v) is 39.1. The Morgan fingerprint density at radius 3 is 1.40 bits per heavy atom. The number of anilines is 2. The summed E-state index contributed by atoms with van der Waals surface area (Å²) in [5.74, 6) is -0.692. The van der Waals surface area contributed by atoms with E-state index >= 15 is 0 Å². The number of piperidine rings is 2. The zero-order valence-electron chi connectivity index (χ0n) is 60.4. The van der Waals surface area contributed by atoms with Gasteiger partial charge in [-0.2, -0.15) is 26.3 Å². The van der Waals surface area contributed by atoms with Gasteiger partial charge in [0.05, 0.1) is 84.0 Å². The number of carboxylic acids is 1. The van der Waals surface area contributed by atoms with Gasteiger partial charge >= 0.3 is 53.8 Å². The van der Waals surface area contributed by atoms with Gasteiger partial charge in [0.15, 0.2) is 19.7 Å². The van der Waals surface area contributed by atoms with E-state index in [9.17, 15) is 57.6 Å². The second-order valence-corrected chi connectivity index (χ2v) is 32.3. The Kier molecular flexibility index (Phi) is 32.9. The summed E-state index contributed by atoms with van der Waals surface area (Å²) in [6.07, 6.45) is 1.74. The molecule has 105 heavy (non-hydrogen) atoms. The molecule has 0 aliphatic carbocycles. The Morgan fingerprint density at radius 2 is 1.05 bits per heavy atom. The molecule has 6 aromatic heterocycles. The van der Waals surface area contributed by atoms with Crippen molar-refractivity contribution in [1.82, 2.24) is 49.9 Å². The van der Waals surface area contributed by atoms with Gasteiger partial charge in [-0.1, -0.05) is 0 Å². The van der Waals surface area contributed by atoms with Crippen molar-refractivity contribution >= 4 is 107 Å². The summed E-state index contributed by atoms with van der Waals surface area (Å²) in [5, 5.41) is 11.3. The Bertz CT molecular complexity index is 4150. The number of aryl methyl sites for hydroxylation is 2. The van der Waals surface area contributed by atoms with Crippen molar-refractivity contribution in [3.8, 4) is 34.3 Å². The topological polar surface area (TPSA) is 321 Å².